The van der Waals surface area contributed by atoms with Gasteiger partial charge >= 0.3 is 8.88 Å². The molecule has 0 amide bonds. The molecule has 0 aliphatic carbocycles. The Balaban J connectivity index is 1.53. The third-order valence-corrected chi connectivity index (χ3v) is 9.98. The van der Waals surface area contributed by atoms with E-state index in [1.165, 1.54) is 8.47 Å². The standard InChI is InChI=1S/C28H14N12O2Si/c41-43(42)39-26-15-3-7-31-11-19(15)27(39)35-21-13-1-5-29-9-17(13)23(33-21)37-25-16-4-8-32-12-20(16)28(40(25)43)36-22-14-2-6-30-10-18(14)24(34-22)38-26/h1-12,41-42H. The summed E-state index contributed by atoms with van der Waals surface area (Å²) in [7, 11) is -4.88. The minimum atomic E-state index is -4.88. The van der Waals surface area contributed by atoms with Gasteiger partial charge in [0.2, 0.25) is 0 Å². The number of pyridine rings is 4. The zero-order chi connectivity index (χ0) is 28.4. The Morgan fingerprint density at radius 3 is 1.63 bits per heavy atom. The molecule has 15 heteroatoms. The second-order valence-corrected chi connectivity index (χ2v) is 12.3. The van der Waals surface area contributed by atoms with Crippen LogP contribution >= 0.6 is 0 Å². The van der Waals surface area contributed by atoms with Crippen molar-refractivity contribution in [3.63, 3.8) is 0 Å². The highest BCUT2D eigenvalue weighted by Gasteiger charge is 2.46. The van der Waals surface area contributed by atoms with E-state index < -0.39 is 8.88 Å². The third kappa shape index (κ3) is 2.82. The topological polar surface area (TPSA) is 176 Å². The fourth-order valence-corrected chi connectivity index (χ4v) is 8.06. The molecule has 0 atom stereocenters. The van der Waals surface area contributed by atoms with Gasteiger partial charge in [-0.25, -0.2) is 30.0 Å². The molecule has 43 heavy (non-hydrogen) atoms. The number of nitrogens with zero attached hydrogens (tertiary/aromatic N) is 12. The van der Waals surface area contributed by atoms with Gasteiger partial charge in [-0.2, -0.15) is 0 Å². The molecule has 6 aromatic rings. The highest BCUT2D eigenvalue weighted by molar-refractivity contribution is 6.63. The Labute approximate surface area is 240 Å². The molecule has 10 rings (SSSR count). The van der Waals surface area contributed by atoms with E-state index in [2.05, 4.69) is 19.9 Å². The maximum atomic E-state index is 12.6. The molecule has 0 aromatic carbocycles. The average molecular weight is 579 g/mol. The van der Waals surface area contributed by atoms with Crippen LogP contribution in [0.15, 0.2) is 104 Å². The van der Waals surface area contributed by atoms with Gasteiger partial charge in [0, 0.05) is 93.4 Å². The molecule has 10 heterocycles. The van der Waals surface area contributed by atoms with Crippen LogP contribution in [0.4, 0.5) is 11.6 Å². The molecule has 0 spiro atoms. The smallest absolute Gasteiger partial charge is 0.377 e. The minimum Gasteiger partial charge on any atom is -0.377 e. The molecular weight excluding hydrogens is 564 g/mol. The van der Waals surface area contributed by atoms with Gasteiger partial charge in [-0.05, 0) is 24.3 Å². The van der Waals surface area contributed by atoms with Gasteiger partial charge in [0.15, 0.2) is 23.3 Å². The minimum absolute atomic E-state index is 0.228. The van der Waals surface area contributed by atoms with Crippen molar-refractivity contribution in [3.05, 3.63) is 107 Å². The molecule has 0 saturated carbocycles. The van der Waals surface area contributed by atoms with Gasteiger partial charge in [-0.3, -0.25) is 28.4 Å². The van der Waals surface area contributed by atoms with Crippen LogP contribution < -0.4 is 11.0 Å². The summed E-state index contributed by atoms with van der Waals surface area (Å²) in [5.74, 6) is 1.84. The van der Waals surface area contributed by atoms with Crippen molar-refractivity contribution in [1.82, 2.24) is 28.4 Å². The summed E-state index contributed by atoms with van der Waals surface area (Å²) in [5, 5.41) is 2.31. The van der Waals surface area contributed by atoms with Gasteiger partial charge in [-0.15, -0.1) is 0 Å². The first kappa shape index (κ1) is 22.7. The first-order valence-corrected chi connectivity index (χ1v) is 15.0. The quantitative estimate of drug-likeness (QED) is 0.254. The number of fused-ring (bicyclic) bond motifs is 14. The summed E-state index contributed by atoms with van der Waals surface area (Å²) < 4.78 is 2.75. The largest absolute Gasteiger partial charge is 0.597 e. The SMILES string of the molecule is O[Si]1(O)n2c3c4cnccc4c2N=C2N=C(N=c4c5cnccc5c(n41)=NC1=NC(=N3)c3ccncc31)c1ccncc12. The van der Waals surface area contributed by atoms with Crippen molar-refractivity contribution in [1.29, 1.82) is 0 Å². The van der Waals surface area contributed by atoms with Crippen molar-refractivity contribution >= 4 is 65.4 Å². The first-order valence-electron chi connectivity index (χ1n) is 13.2. The Hall–Kier alpha value is -5.90. The molecule has 0 fully saturated rings. The summed E-state index contributed by atoms with van der Waals surface area (Å²) in [6.07, 6.45) is 13.2. The van der Waals surface area contributed by atoms with Gasteiger partial charge in [-0.1, -0.05) is 0 Å². The highest BCUT2D eigenvalue weighted by atomic mass is 28.4. The monoisotopic (exact) mass is 578 g/mol. The van der Waals surface area contributed by atoms with Crippen LogP contribution in [-0.2, 0) is 0 Å². The Bertz CT molecular complexity index is 2390. The van der Waals surface area contributed by atoms with Crippen LogP contribution in [0, 0.1) is 0 Å². The van der Waals surface area contributed by atoms with Crippen LogP contribution in [0.3, 0.4) is 0 Å². The van der Waals surface area contributed by atoms with Gasteiger partial charge in [0.05, 0.1) is 0 Å². The average Bonchev–Trinajstić information content (AvgIpc) is 3.74. The van der Waals surface area contributed by atoms with E-state index in [1.54, 1.807) is 61.7 Å². The van der Waals surface area contributed by atoms with E-state index >= 15 is 0 Å². The number of hydrogen-bond acceptors (Lipinski definition) is 12. The first-order chi connectivity index (χ1) is 21.1. The number of hydrogen-bond donors (Lipinski definition) is 2. The number of rotatable bonds is 0. The maximum absolute atomic E-state index is 12.6. The van der Waals surface area contributed by atoms with Crippen LogP contribution in [0.1, 0.15) is 22.3 Å². The van der Waals surface area contributed by atoms with Crippen molar-refractivity contribution in [2.24, 2.45) is 30.0 Å². The molecule has 0 saturated heterocycles. The highest BCUT2D eigenvalue weighted by Crippen LogP contribution is 2.41. The summed E-state index contributed by atoms with van der Waals surface area (Å²) in [6, 6.07) is 7.15. The van der Waals surface area contributed by atoms with Gasteiger partial charge in [0.1, 0.15) is 22.6 Å². The Kier molecular flexibility index (Phi) is 4.06. The third-order valence-electron chi connectivity index (χ3n) is 7.93. The van der Waals surface area contributed by atoms with E-state index in [0.717, 1.165) is 0 Å². The van der Waals surface area contributed by atoms with E-state index in [1.807, 2.05) is 12.1 Å². The van der Waals surface area contributed by atoms with E-state index in [9.17, 15) is 9.59 Å². The fourth-order valence-electron chi connectivity index (χ4n) is 6.05. The van der Waals surface area contributed by atoms with Crippen molar-refractivity contribution in [2.45, 2.75) is 0 Å². The van der Waals surface area contributed by atoms with Crippen LogP contribution in [0.5, 0.6) is 0 Å². The van der Waals surface area contributed by atoms with Crippen molar-refractivity contribution in [2.75, 3.05) is 0 Å². The summed E-state index contributed by atoms with van der Waals surface area (Å²) in [6.45, 7) is 0. The molecule has 2 N–H and O–H groups in total. The summed E-state index contributed by atoms with van der Waals surface area (Å²) in [4.78, 5) is 71.8. The lowest BCUT2D eigenvalue weighted by molar-refractivity contribution is 0.324. The normalized spacial score (nSPS) is 16.8. The lowest BCUT2D eigenvalue weighted by Gasteiger charge is -2.23. The molecule has 6 aromatic heterocycles. The predicted octanol–water partition coefficient (Wildman–Crippen LogP) is 0.936. The zero-order valence-electron chi connectivity index (χ0n) is 21.7. The molecule has 0 radical (unpaired) electrons. The summed E-state index contributed by atoms with van der Waals surface area (Å²) >= 11 is 0. The number of aromatic nitrogens is 6. The lowest BCUT2D eigenvalue weighted by atomic mass is 10.1. The molecule has 6 bridgehead atoms. The molecule has 0 unspecified atom stereocenters. The van der Waals surface area contributed by atoms with E-state index in [0.29, 0.717) is 67.1 Å². The second-order valence-electron chi connectivity index (χ2n) is 10.2. The molecule has 4 aliphatic rings. The number of amidine groups is 4. The lowest BCUT2D eigenvalue weighted by Crippen LogP contribution is -2.60. The fraction of sp³-hybridized carbons (Fsp3) is 0. The van der Waals surface area contributed by atoms with E-state index in [4.69, 9.17) is 30.0 Å². The Morgan fingerprint density at radius 1 is 0.442 bits per heavy atom. The summed E-state index contributed by atoms with van der Waals surface area (Å²) in [5.41, 5.74) is 3.21. The van der Waals surface area contributed by atoms with Crippen molar-refractivity contribution < 1.29 is 9.59 Å². The second kappa shape index (κ2) is 7.68. The molecule has 4 aliphatic heterocycles. The Morgan fingerprint density at radius 2 is 0.930 bits per heavy atom. The predicted molar refractivity (Wildman–Crippen MR) is 157 cm³/mol. The van der Waals surface area contributed by atoms with Crippen molar-refractivity contribution in [3.8, 4) is 0 Å². The van der Waals surface area contributed by atoms with Crippen LogP contribution in [0.2, 0.25) is 0 Å². The van der Waals surface area contributed by atoms with Gasteiger partial charge < -0.3 is 9.59 Å². The molecule has 202 valence electrons. The van der Waals surface area contributed by atoms with E-state index in [-0.39, 0.29) is 22.6 Å². The zero-order valence-corrected chi connectivity index (χ0v) is 22.7. The molecular formula is C28H14N12O2Si. The van der Waals surface area contributed by atoms with Crippen LogP contribution in [-0.4, -0.2) is 70.2 Å². The number of aliphatic imine (C=N–C) groups is 4. The molecule has 14 nitrogen and oxygen atoms in total. The van der Waals surface area contributed by atoms with Crippen LogP contribution in [0.25, 0.3) is 21.5 Å². The van der Waals surface area contributed by atoms with Gasteiger partial charge in [0.25, 0.3) is 0 Å². The maximum Gasteiger partial charge on any atom is 0.597 e.